The van der Waals surface area contributed by atoms with Crippen LogP contribution >= 0.6 is 0 Å². The van der Waals surface area contributed by atoms with Gasteiger partial charge in [-0.3, -0.25) is 9.59 Å². The number of ether oxygens (including phenoxy) is 1. The van der Waals surface area contributed by atoms with Gasteiger partial charge in [-0.15, -0.1) is 0 Å². The number of hydrogen-bond donors (Lipinski definition) is 1. The van der Waals surface area contributed by atoms with Crippen LogP contribution in [0.3, 0.4) is 0 Å². The van der Waals surface area contributed by atoms with Crippen LogP contribution in [0.1, 0.15) is 53.9 Å². The Morgan fingerprint density at radius 3 is 2.76 bits per heavy atom. The Kier molecular flexibility index (Phi) is 6.62. The molecule has 3 aromatic rings. The number of para-hydroxylation sites is 1. The molecule has 1 saturated heterocycles. The lowest BCUT2D eigenvalue weighted by atomic mass is 10.1. The van der Waals surface area contributed by atoms with Crippen molar-refractivity contribution in [3.05, 3.63) is 58.5 Å². The Morgan fingerprint density at radius 1 is 1.24 bits per heavy atom. The normalized spacial score (nSPS) is 15.8. The summed E-state index contributed by atoms with van der Waals surface area (Å²) in [5.74, 6) is 1.09. The van der Waals surface area contributed by atoms with Gasteiger partial charge in [0.2, 0.25) is 11.8 Å². The number of methoxy groups -OCH3 is 1. The maximum absolute atomic E-state index is 12.5. The number of rotatable bonds is 7. The molecule has 3 heterocycles. The number of carbonyl (C=O) groups is 2. The molecular formula is C25H31N5O3. The Bertz CT molecular complexity index is 1190. The molecule has 174 valence electrons. The number of aryl methyl sites for hydroxylation is 2. The summed E-state index contributed by atoms with van der Waals surface area (Å²) in [5.41, 5.74) is 5.69. The third-order valence-electron chi connectivity index (χ3n) is 6.51. The number of carbonyl (C=O) groups excluding carboxylic acids is 2. The summed E-state index contributed by atoms with van der Waals surface area (Å²) in [4.78, 5) is 30.8. The number of nitrogens with zero attached hydrogens (tertiary/aromatic N) is 4. The topological polar surface area (TPSA) is 88.8 Å². The number of likely N-dealkylation sites (tertiary alicyclic amines) is 1. The van der Waals surface area contributed by atoms with E-state index in [1.807, 2.05) is 53.6 Å². The lowest BCUT2D eigenvalue weighted by Gasteiger charge is -2.12. The van der Waals surface area contributed by atoms with Gasteiger partial charge < -0.3 is 15.0 Å². The molecule has 1 aliphatic rings. The van der Waals surface area contributed by atoms with Crippen LogP contribution in [-0.2, 0) is 22.6 Å². The molecule has 2 amide bonds. The van der Waals surface area contributed by atoms with E-state index in [-0.39, 0.29) is 17.7 Å². The average molecular weight is 450 g/mol. The molecular weight excluding hydrogens is 418 g/mol. The Hall–Kier alpha value is -3.42. The van der Waals surface area contributed by atoms with E-state index in [1.165, 1.54) is 0 Å². The molecule has 0 aliphatic carbocycles. The molecule has 0 radical (unpaired) electrons. The minimum absolute atomic E-state index is 0.0174. The van der Waals surface area contributed by atoms with Gasteiger partial charge in [0.1, 0.15) is 5.75 Å². The van der Waals surface area contributed by atoms with Crippen LogP contribution in [0.5, 0.6) is 5.75 Å². The monoisotopic (exact) mass is 449 g/mol. The van der Waals surface area contributed by atoms with Gasteiger partial charge in [0.15, 0.2) is 5.65 Å². The average Bonchev–Trinajstić information content (AvgIpc) is 3.45. The highest BCUT2D eigenvalue weighted by Crippen LogP contribution is 2.28. The van der Waals surface area contributed by atoms with Crippen LogP contribution in [0.4, 0.5) is 0 Å². The summed E-state index contributed by atoms with van der Waals surface area (Å²) in [6, 6.07) is 9.69. The fraction of sp³-hybridized carbons (Fsp3) is 0.440. The van der Waals surface area contributed by atoms with Gasteiger partial charge >= 0.3 is 0 Å². The van der Waals surface area contributed by atoms with Gasteiger partial charge in [-0.1, -0.05) is 18.2 Å². The number of fused-ring (bicyclic) bond motifs is 1. The smallest absolute Gasteiger partial charge is 0.220 e. The second-order valence-corrected chi connectivity index (χ2v) is 8.64. The van der Waals surface area contributed by atoms with E-state index < -0.39 is 0 Å². The number of nitrogens with one attached hydrogen (secondary N) is 1. The van der Waals surface area contributed by atoms with Crippen LogP contribution in [-0.4, -0.2) is 51.5 Å². The van der Waals surface area contributed by atoms with Gasteiger partial charge in [-0.25, -0.2) is 9.50 Å². The summed E-state index contributed by atoms with van der Waals surface area (Å²) >= 11 is 0. The van der Waals surface area contributed by atoms with Crippen molar-refractivity contribution < 1.29 is 14.3 Å². The van der Waals surface area contributed by atoms with Crippen molar-refractivity contribution >= 4 is 17.5 Å². The second-order valence-electron chi connectivity index (χ2n) is 8.64. The highest BCUT2D eigenvalue weighted by molar-refractivity contribution is 5.76. The van der Waals surface area contributed by atoms with Crippen molar-refractivity contribution in [3.63, 3.8) is 0 Å². The first kappa shape index (κ1) is 22.8. The molecule has 1 aromatic carbocycles. The molecule has 0 saturated carbocycles. The quantitative estimate of drug-likeness (QED) is 0.599. The van der Waals surface area contributed by atoms with E-state index in [0.717, 1.165) is 52.6 Å². The zero-order valence-electron chi connectivity index (χ0n) is 19.7. The molecule has 1 atom stereocenters. The van der Waals surface area contributed by atoms with Crippen molar-refractivity contribution in [2.75, 3.05) is 20.2 Å². The molecule has 1 fully saturated rings. The van der Waals surface area contributed by atoms with E-state index in [2.05, 4.69) is 5.32 Å². The standard InChI is InChI=1S/C25H31N5O3/c1-16-21(9-10-25(32)26-14-19-7-5-6-8-23(19)33-4)17(2)30-24(27-16)13-22(28-30)20-11-12-29(15-20)18(3)31/h5-8,13,20H,9-12,14-15H2,1-4H3,(H,26,32)/t20-/m1/s1. The molecule has 8 nitrogen and oxygen atoms in total. The second kappa shape index (κ2) is 9.60. The predicted octanol–water partition coefficient (Wildman–Crippen LogP) is 2.94. The van der Waals surface area contributed by atoms with Crippen molar-refractivity contribution in [2.45, 2.75) is 52.5 Å². The van der Waals surface area contributed by atoms with Gasteiger partial charge in [0, 0.05) is 61.9 Å². The first-order chi connectivity index (χ1) is 15.9. The van der Waals surface area contributed by atoms with Crippen molar-refractivity contribution in [1.29, 1.82) is 0 Å². The molecule has 0 spiro atoms. The molecule has 0 unspecified atom stereocenters. The first-order valence-corrected chi connectivity index (χ1v) is 11.4. The van der Waals surface area contributed by atoms with Crippen LogP contribution in [0, 0.1) is 13.8 Å². The first-order valence-electron chi connectivity index (χ1n) is 11.4. The van der Waals surface area contributed by atoms with E-state index in [1.54, 1.807) is 14.0 Å². The molecule has 1 aliphatic heterocycles. The summed E-state index contributed by atoms with van der Waals surface area (Å²) in [6.07, 6.45) is 1.88. The highest BCUT2D eigenvalue weighted by atomic mass is 16.5. The largest absolute Gasteiger partial charge is 0.496 e. The van der Waals surface area contributed by atoms with Crippen molar-refractivity contribution in [3.8, 4) is 5.75 Å². The van der Waals surface area contributed by atoms with Crippen molar-refractivity contribution in [2.24, 2.45) is 0 Å². The predicted molar refractivity (Wildman–Crippen MR) is 125 cm³/mol. The van der Waals surface area contributed by atoms with Crippen LogP contribution in [0.25, 0.3) is 5.65 Å². The van der Waals surface area contributed by atoms with Gasteiger partial charge in [0.25, 0.3) is 0 Å². The van der Waals surface area contributed by atoms with Crippen LogP contribution in [0.2, 0.25) is 0 Å². The molecule has 2 aromatic heterocycles. The molecule has 33 heavy (non-hydrogen) atoms. The van der Waals surface area contributed by atoms with E-state index in [9.17, 15) is 9.59 Å². The number of hydrogen-bond acceptors (Lipinski definition) is 5. The number of benzene rings is 1. The summed E-state index contributed by atoms with van der Waals surface area (Å²) in [7, 11) is 1.63. The SMILES string of the molecule is COc1ccccc1CNC(=O)CCc1c(C)nc2cc([C@@H]3CCN(C(C)=O)C3)nn2c1C. The summed E-state index contributed by atoms with van der Waals surface area (Å²) in [5, 5.41) is 7.79. The number of aromatic nitrogens is 3. The van der Waals surface area contributed by atoms with Crippen molar-refractivity contribution in [1.82, 2.24) is 24.8 Å². The summed E-state index contributed by atoms with van der Waals surface area (Å²) in [6.45, 7) is 7.52. The Morgan fingerprint density at radius 2 is 2.03 bits per heavy atom. The number of amides is 2. The molecule has 1 N–H and O–H groups in total. The van der Waals surface area contributed by atoms with Gasteiger partial charge in [-0.05, 0) is 38.3 Å². The van der Waals surface area contributed by atoms with Gasteiger partial charge in [-0.2, -0.15) is 5.10 Å². The Balaban J connectivity index is 1.43. The van der Waals surface area contributed by atoms with Crippen LogP contribution in [0.15, 0.2) is 30.3 Å². The van der Waals surface area contributed by atoms with E-state index >= 15 is 0 Å². The zero-order valence-corrected chi connectivity index (χ0v) is 19.7. The minimum atomic E-state index is -0.0174. The molecule has 4 rings (SSSR count). The lowest BCUT2D eigenvalue weighted by Crippen LogP contribution is -2.25. The minimum Gasteiger partial charge on any atom is -0.496 e. The highest BCUT2D eigenvalue weighted by Gasteiger charge is 2.28. The third kappa shape index (κ3) is 4.84. The maximum atomic E-state index is 12.5. The zero-order chi connectivity index (χ0) is 23.5. The van der Waals surface area contributed by atoms with Gasteiger partial charge in [0.05, 0.1) is 12.8 Å². The maximum Gasteiger partial charge on any atom is 0.220 e. The lowest BCUT2D eigenvalue weighted by molar-refractivity contribution is -0.127. The fourth-order valence-corrected chi connectivity index (χ4v) is 4.56. The van der Waals surface area contributed by atoms with Crippen LogP contribution < -0.4 is 10.1 Å². The third-order valence-corrected chi connectivity index (χ3v) is 6.51. The summed E-state index contributed by atoms with van der Waals surface area (Å²) < 4.78 is 7.22. The fourth-order valence-electron chi connectivity index (χ4n) is 4.56. The van der Waals surface area contributed by atoms with E-state index in [4.69, 9.17) is 14.8 Å². The molecule has 8 heteroatoms. The Labute approximate surface area is 193 Å². The van der Waals surface area contributed by atoms with E-state index in [0.29, 0.717) is 25.9 Å². The molecule has 0 bridgehead atoms.